The molecule has 0 spiro atoms. The molecule has 8 aliphatic rings. The van der Waals surface area contributed by atoms with Gasteiger partial charge in [-0.2, -0.15) is 0 Å². The Morgan fingerprint density at radius 1 is 0.821 bits per heavy atom. The van der Waals surface area contributed by atoms with E-state index in [1.54, 1.807) is 26.0 Å². The number of fused-ring (bicyclic) bond motifs is 10. The van der Waals surface area contributed by atoms with Crippen LogP contribution in [0.5, 0.6) is 0 Å². The van der Waals surface area contributed by atoms with E-state index in [1.807, 2.05) is 13.0 Å². The average molecular weight is 793 g/mol. The number of aliphatic hydroxyl groups excluding tert-OH is 5. The second-order valence-corrected chi connectivity index (χ2v) is 19.1. The average Bonchev–Trinajstić information content (AvgIpc) is 3.51. The van der Waals surface area contributed by atoms with Crippen LogP contribution in [0.2, 0.25) is 0 Å². The largest absolute Gasteiger partial charge is 1.00 e. The van der Waals surface area contributed by atoms with Gasteiger partial charge in [-0.15, -0.1) is 0 Å². The summed E-state index contributed by atoms with van der Waals surface area (Å²) in [5, 5.41) is 74.0. The molecule has 8 aliphatic carbocycles. The molecular weight excluding hydrogens is 734 g/mol. The summed E-state index contributed by atoms with van der Waals surface area (Å²) in [5.74, 6) is -2.46. The van der Waals surface area contributed by atoms with Crippen LogP contribution >= 0.6 is 0 Å². The number of rotatable bonds is 4. The van der Waals surface area contributed by atoms with Gasteiger partial charge in [0.2, 0.25) is 0 Å². The summed E-state index contributed by atoms with van der Waals surface area (Å²) >= 11 is 0. The fraction of sp³-hybridized carbons (Fsp3) is 0.721. The standard InChI is InChI=1S/C22H30O5.C21H27FO6.Na.H/c1-12-8-14-15-5-7-22(27,18(26)11-23)21(15,3)10-17(25)19(14)20(2)6-4-13(24)9-16(12)20;1-18-6-5-12(24)7-11(18)3-4-13-14-8-15(25)21(28,17(27)10-23)19(14,2)9-16(26)20(13,18)22;;/h4,6,9,12,14-15,17,19,23,25,27H,5,7-8,10-11H2,1-3H3;5-7,13-16,23,25-26,28H,3-4,8-10H2,1-2H3;;/q;;+1;-1/t12-,14-,15-,17-,19+,20-,21-,22-;13-,14-,15+,16-,18-,19-,20-,21-;;/m00../s1. The van der Waals surface area contributed by atoms with Crippen LogP contribution in [0.15, 0.2) is 47.6 Å². The van der Waals surface area contributed by atoms with Crippen LogP contribution in [0, 0.1) is 57.2 Å². The van der Waals surface area contributed by atoms with Crippen molar-refractivity contribution < 1.29 is 90.3 Å². The van der Waals surface area contributed by atoms with Crippen molar-refractivity contribution in [2.24, 2.45) is 57.2 Å². The molecule has 7 N–H and O–H groups in total. The number of ketones is 4. The van der Waals surface area contributed by atoms with Gasteiger partial charge in [-0.05, 0) is 106 Å². The molecule has 11 nitrogen and oxygen atoms in total. The molecular formula is C43H58FNaO11. The van der Waals surface area contributed by atoms with Crippen LogP contribution in [0.1, 0.15) is 87.4 Å². The maximum atomic E-state index is 16.8. The number of carbonyl (C=O) groups is 4. The number of carbonyl (C=O) groups excluding carboxylic acids is 4. The normalized spacial score (nSPS) is 51.0. The van der Waals surface area contributed by atoms with E-state index >= 15 is 4.39 Å². The number of hydrogen-bond donors (Lipinski definition) is 7. The third kappa shape index (κ3) is 5.49. The molecule has 0 unspecified atom stereocenters. The van der Waals surface area contributed by atoms with Gasteiger partial charge in [0.1, 0.15) is 18.8 Å². The number of allylic oxidation sites excluding steroid dienone is 8. The Bertz CT molecular complexity index is 1830. The van der Waals surface area contributed by atoms with E-state index in [1.165, 1.54) is 18.2 Å². The van der Waals surface area contributed by atoms with Crippen molar-refractivity contribution in [3.63, 3.8) is 0 Å². The molecule has 0 amide bonds. The van der Waals surface area contributed by atoms with E-state index in [4.69, 9.17) is 0 Å². The molecule has 0 radical (unpaired) electrons. The minimum Gasteiger partial charge on any atom is -1.00 e. The quantitative estimate of drug-likeness (QED) is 0.181. The molecule has 8 rings (SSSR count). The monoisotopic (exact) mass is 792 g/mol. The zero-order chi connectivity index (χ0) is 40.5. The fourth-order valence-electron chi connectivity index (χ4n) is 14.2. The third-order valence-corrected chi connectivity index (χ3v) is 17.0. The van der Waals surface area contributed by atoms with Crippen LogP contribution in [0.3, 0.4) is 0 Å². The number of hydrogen-bond acceptors (Lipinski definition) is 11. The van der Waals surface area contributed by atoms with Crippen molar-refractivity contribution in [1.29, 1.82) is 0 Å². The number of alkyl halides is 1. The number of Topliss-reactive ketones (excluding diaryl/α,β-unsaturated/α-hetero) is 2. The summed E-state index contributed by atoms with van der Waals surface area (Å²) in [4.78, 5) is 48.6. The van der Waals surface area contributed by atoms with Crippen LogP contribution < -0.4 is 29.6 Å². The molecule has 0 aliphatic heterocycles. The van der Waals surface area contributed by atoms with E-state index in [2.05, 4.69) is 13.8 Å². The number of halogens is 1. The first-order valence-electron chi connectivity index (χ1n) is 19.9. The van der Waals surface area contributed by atoms with E-state index in [0.717, 1.165) is 18.4 Å². The van der Waals surface area contributed by atoms with Gasteiger partial charge in [0.15, 0.2) is 34.4 Å². The summed E-state index contributed by atoms with van der Waals surface area (Å²) in [7, 11) is 0. The third-order valence-electron chi connectivity index (χ3n) is 17.0. The van der Waals surface area contributed by atoms with Crippen LogP contribution in [0.25, 0.3) is 0 Å². The van der Waals surface area contributed by atoms with Crippen LogP contribution in [0.4, 0.5) is 4.39 Å². The minimum absolute atomic E-state index is 0. The molecule has 0 saturated heterocycles. The summed E-state index contributed by atoms with van der Waals surface area (Å²) in [6.45, 7) is 7.82. The van der Waals surface area contributed by atoms with Crippen molar-refractivity contribution in [2.45, 2.75) is 121 Å². The van der Waals surface area contributed by atoms with Crippen molar-refractivity contribution in [3.8, 4) is 0 Å². The Labute approximate surface area is 351 Å². The Balaban J connectivity index is 0.000000210. The summed E-state index contributed by atoms with van der Waals surface area (Å²) < 4.78 is 16.8. The summed E-state index contributed by atoms with van der Waals surface area (Å²) in [6.07, 6.45) is 8.80. The molecule has 0 heterocycles. The second-order valence-electron chi connectivity index (χ2n) is 19.1. The van der Waals surface area contributed by atoms with Crippen molar-refractivity contribution in [1.82, 2.24) is 0 Å². The van der Waals surface area contributed by atoms with Gasteiger partial charge in [0, 0.05) is 33.5 Å². The fourth-order valence-corrected chi connectivity index (χ4v) is 14.2. The first kappa shape index (κ1) is 43.9. The van der Waals surface area contributed by atoms with Crippen LogP contribution in [-0.4, -0.2) is 107 Å². The summed E-state index contributed by atoms with van der Waals surface area (Å²) in [6, 6.07) is 0. The summed E-state index contributed by atoms with van der Waals surface area (Å²) in [5.41, 5.74) is -7.71. The topological polar surface area (TPSA) is 210 Å². The van der Waals surface area contributed by atoms with Crippen molar-refractivity contribution in [2.75, 3.05) is 13.2 Å². The van der Waals surface area contributed by atoms with Gasteiger partial charge < -0.3 is 37.2 Å². The zero-order valence-corrected chi connectivity index (χ0v) is 35.4. The molecule has 56 heavy (non-hydrogen) atoms. The van der Waals surface area contributed by atoms with E-state index in [9.17, 15) is 54.9 Å². The minimum atomic E-state index is -2.23. The Morgan fingerprint density at radius 2 is 1.45 bits per heavy atom. The van der Waals surface area contributed by atoms with Gasteiger partial charge in [-0.1, -0.05) is 51.0 Å². The Kier molecular flexibility index (Phi) is 11.1. The van der Waals surface area contributed by atoms with Gasteiger partial charge >= 0.3 is 29.6 Å². The van der Waals surface area contributed by atoms with Crippen molar-refractivity contribution in [3.05, 3.63) is 47.6 Å². The molecule has 0 aromatic carbocycles. The zero-order valence-electron chi connectivity index (χ0n) is 34.4. The molecule has 304 valence electrons. The van der Waals surface area contributed by atoms with Crippen molar-refractivity contribution >= 4 is 23.1 Å². The van der Waals surface area contributed by atoms with Gasteiger partial charge in [-0.3, -0.25) is 19.2 Å². The predicted molar refractivity (Wildman–Crippen MR) is 197 cm³/mol. The maximum absolute atomic E-state index is 16.8. The number of aliphatic hydroxyl groups is 7. The SMILES string of the molecule is C[C@H]1C[C@@H]2[C@H]([C@@H](O)C[C@@]3(C)[C@H]2CC[C@]3(O)C(=O)CO)[C@@]2(C)C=CC(=O)C=C12.C[C@]12C=CC(=O)C=C1CC[C@H]1[C@@H]3C[C@@H](O)[C@](O)(C(=O)CO)[C@@]3(C)C[C@H](O)[C@@]12F.[H-].[Na+]. The molecule has 0 aromatic heterocycles. The van der Waals surface area contributed by atoms with Gasteiger partial charge in [0.25, 0.3) is 0 Å². The Hall–Kier alpha value is -1.71. The first-order chi connectivity index (χ1) is 25.5. The second kappa shape index (κ2) is 14.2. The molecule has 0 bridgehead atoms. The smallest absolute Gasteiger partial charge is 1.00 e. The molecule has 16 atom stereocenters. The van der Waals surface area contributed by atoms with E-state index < -0.39 is 88.0 Å². The van der Waals surface area contributed by atoms with Gasteiger partial charge in [0.05, 0.1) is 18.3 Å². The van der Waals surface area contributed by atoms with E-state index in [0.29, 0.717) is 31.3 Å². The van der Waals surface area contributed by atoms with Crippen LogP contribution in [-0.2, 0) is 19.2 Å². The molecule has 6 saturated carbocycles. The van der Waals surface area contributed by atoms with E-state index in [-0.39, 0.29) is 84.5 Å². The first-order valence-corrected chi connectivity index (χ1v) is 19.9. The predicted octanol–water partition coefficient (Wildman–Crippen LogP) is -0.459. The molecule has 6 fully saturated rings. The molecule has 0 aromatic rings. The maximum Gasteiger partial charge on any atom is 1.00 e. The Morgan fingerprint density at radius 3 is 2.09 bits per heavy atom. The molecule has 13 heteroatoms. The van der Waals surface area contributed by atoms with Gasteiger partial charge in [-0.25, -0.2) is 4.39 Å².